The number of aryl methyl sites for hydroxylation is 2. The van der Waals surface area contributed by atoms with Crippen LogP contribution in [-0.2, 0) is 9.53 Å². The molecule has 0 aliphatic rings. The summed E-state index contributed by atoms with van der Waals surface area (Å²) in [6.45, 7) is 3.18. The minimum absolute atomic E-state index is 0.0634. The van der Waals surface area contributed by atoms with Crippen LogP contribution in [0.2, 0.25) is 0 Å². The Morgan fingerprint density at radius 2 is 2.05 bits per heavy atom. The fourth-order valence-electron chi connectivity index (χ4n) is 1.27. The molecule has 0 saturated heterocycles. The predicted octanol–water partition coefficient (Wildman–Crippen LogP) is 1.35. The highest BCUT2D eigenvalue weighted by molar-refractivity contribution is 7.13. The number of thiazole rings is 1. The SMILES string of the molecule is Cc1cnc(C(=O)OCC(=O)Nc2nc(C)cs2)cn1. The first-order valence-electron chi connectivity index (χ1n) is 5.72. The fourth-order valence-corrected chi connectivity index (χ4v) is 1.97. The summed E-state index contributed by atoms with van der Waals surface area (Å²) >= 11 is 1.30. The molecular weight excluding hydrogens is 280 g/mol. The number of anilines is 1. The van der Waals surface area contributed by atoms with Crippen molar-refractivity contribution in [1.29, 1.82) is 0 Å². The van der Waals surface area contributed by atoms with E-state index in [1.54, 1.807) is 6.92 Å². The molecule has 0 bridgehead atoms. The summed E-state index contributed by atoms with van der Waals surface area (Å²) in [4.78, 5) is 35.0. The third-order valence-electron chi connectivity index (χ3n) is 2.19. The van der Waals surface area contributed by atoms with Crippen molar-refractivity contribution in [3.8, 4) is 0 Å². The van der Waals surface area contributed by atoms with E-state index in [9.17, 15) is 9.59 Å². The Labute approximate surface area is 119 Å². The highest BCUT2D eigenvalue weighted by atomic mass is 32.1. The van der Waals surface area contributed by atoms with E-state index in [2.05, 4.69) is 20.3 Å². The van der Waals surface area contributed by atoms with Gasteiger partial charge in [-0.2, -0.15) is 0 Å². The molecule has 2 heterocycles. The summed E-state index contributed by atoms with van der Waals surface area (Å²) in [7, 11) is 0. The highest BCUT2D eigenvalue weighted by Gasteiger charge is 2.12. The topological polar surface area (TPSA) is 94.1 Å². The minimum Gasteiger partial charge on any atom is -0.451 e. The molecule has 104 valence electrons. The van der Waals surface area contributed by atoms with Gasteiger partial charge in [0.15, 0.2) is 17.4 Å². The Bertz CT molecular complexity index is 624. The summed E-state index contributed by atoms with van der Waals surface area (Å²) < 4.78 is 4.83. The first-order valence-corrected chi connectivity index (χ1v) is 6.60. The van der Waals surface area contributed by atoms with Gasteiger partial charge in [-0.15, -0.1) is 11.3 Å². The lowest BCUT2D eigenvalue weighted by molar-refractivity contribution is -0.119. The third-order valence-corrected chi connectivity index (χ3v) is 3.07. The average molecular weight is 292 g/mol. The lowest BCUT2D eigenvalue weighted by Crippen LogP contribution is -2.21. The van der Waals surface area contributed by atoms with Crippen LogP contribution in [0.1, 0.15) is 21.9 Å². The van der Waals surface area contributed by atoms with Crippen molar-refractivity contribution < 1.29 is 14.3 Å². The van der Waals surface area contributed by atoms with Gasteiger partial charge in [-0.3, -0.25) is 15.1 Å². The number of aromatic nitrogens is 3. The molecule has 0 unspecified atom stereocenters. The Kier molecular flexibility index (Phi) is 4.36. The van der Waals surface area contributed by atoms with Crippen molar-refractivity contribution in [2.24, 2.45) is 0 Å². The predicted molar refractivity (Wildman–Crippen MR) is 72.5 cm³/mol. The van der Waals surface area contributed by atoms with Gasteiger partial charge in [-0.25, -0.2) is 14.8 Å². The van der Waals surface area contributed by atoms with E-state index in [0.29, 0.717) is 10.8 Å². The van der Waals surface area contributed by atoms with Crippen LogP contribution in [-0.4, -0.2) is 33.4 Å². The zero-order chi connectivity index (χ0) is 14.5. The van der Waals surface area contributed by atoms with Crippen LogP contribution in [0, 0.1) is 13.8 Å². The van der Waals surface area contributed by atoms with Crippen LogP contribution in [0.5, 0.6) is 0 Å². The minimum atomic E-state index is -0.692. The van der Waals surface area contributed by atoms with E-state index < -0.39 is 18.5 Å². The largest absolute Gasteiger partial charge is 0.451 e. The lowest BCUT2D eigenvalue weighted by atomic mass is 10.4. The molecule has 2 aromatic heterocycles. The van der Waals surface area contributed by atoms with Crippen LogP contribution in [0.25, 0.3) is 0 Å². The molecule has 7 nitrogen and oxygen atoms in total. The van der Waals surface area contributed by atoms with Crippen molar-refractivity contribution >= 4 is 28.3 Å². The highest BCUT2D eigenvalue weighted by Crippen LogP contribution is 2.13. The standard InChI is InChI=1S/C12H12N4O3S/c1-7-3-14-9(4-13-7)11(18)19-5-10(17)16-12-15-8(2)6-20-12/h3-4,6H,5H2,1-2H3,(H,15,16,17). The maximum atomic E-state index is 11.6. The molecular formula is C12H12N4O3S. The normalized spacial score (nSPS) is 10.1. The Hall–Kier alpha value is -2.35. The molecule has 0 spiro atoms. The molecule has 20 heavy (non-hydrogen) atoms. The fraction of sp³-hybridized carbons (Fsp3) is 0.250. The molecule has 0 saturated carbocycles. The van der Waals surface area contributed by atoms with Crippen LogP contribution in [0.3, 0.4) is 0 Å². The molecule has 0 fully saturated rings. The molecule has 0 atom stereocenters. The number of rotatable bonds is 4. The molecule has 1 amide bonds. The van der Waals surface area contributed by atoms with Gasteiger partial charge in [0.05, 0.1) is 17.6 Å². The van der Waals surface area contributed by atoms with E-state index in [-0.39, 0.29) is 5.69 Å². The molecule has 2 rings (SSSR count). The van der Waals surface area contributed by atoms with E-state index in [4.69, 9.17) is 4.74 Å². The zero-order valence-corrected chi connectivity index (χ0v) is 11.7. The van der Waals surface area contributed by atoms with Crippen LogP contribution in [0.15, 0.2) is 17.8 Å². The molecule has 0 aliphatic heterocycles. The van der Waals surface area contributed by atoms with Crippen molar-refractivity contribution in [2.45, 2.75) is 13.8 Å². The number of ether oxygens (including phenoxy) is 1. The van der Waals surface area contributed by atoms with Crippen LogP contribution < -0.4 is 5.32 Å². The van der Waals surface area contributed by atoms with Gasteiger partial charge in [-0.1, -0.05) is 0 Å². The monoisotopic (exact) mass is 292 g/mol. The Morgan fingerprint density at radius 3 is 2.65 bits per heavy atom. The molecule has 0 aliphatic carbocycles. The van der Waals surface area contributed by atoms with Gasteiger partial charge in [0.1, 0.15) is 0 Å². The van der Waals surface area contributed by atoms with Gasteiger partial charge in [0.2, 0.25) is 0 Å². The first-order chi connectivity index (χ1) is 9.54. The maximum Gasteiger partial charge on any atom is 0.359 e. The van der Waals surface area contributed by atoms with Crippen LogP contribution >= 0.6 is 11.3 Å². The summed E-state index contributed by atoms with van der Waals surface area (Å²) in [5.74, 6) is -1.14. The number of nitrogens with zero attached hydrogens (tertiary/aromatic N) is 3. The summed E-state index contributed by atoms with van der Waals surface area (Å²) in [5.41, 5.74) is 1.57. The number of carbonyl (C=O) groups excluding carboxylic acids is 2. The summed E-state index contributed by atoms with van der Waals surface area (Å²) in [6, 6.07) is 0. The second kappa shape index (κ2) is 6.20. The summed E-state index contributed by atoms with van der Waals surface area (Å²) in [6.07, 6.45) is 2.76. The smallest absolute Gasteiger partial charge is 0.359 e. The van der Waals surface area contributed by atoms with Crippen LogP contribution in [0.4, 0.5) is 5.13 Å². The number of esters is 1. The summed E-state index contributed by atoms with van der Waals surface area (Å²) in [5, 5.41) is 4.81. The molecule has 2 aromatic rings. The Morgan fingerprint density at radius 1 is 1.25 bits per heavy atom. The van der Waals surface area contributed by atoms with Crippen molar-refractivity contribution in [1.82, 2.24) is 15.0 Å². The van der Waals surface area contributed by atoms with Gasteiger partial charge in [0.25, 0.3) is 5.91 Å². The van der Waals surface area contributed by atoms with E-state index in [1.807, 2.05) is 12.3 Å². The molecule has 0 aromatic carbocycles. The number of hydrogen-bond donors (Lipinski definition) is 1. The second-order valence-corrected chi connectivity index (χ2v) is 4.82. The van der Waals surface area contributed by atoms with Gasteiger partial charge < -0.3 is 4.74 Å². The van der Waals surface area contributed by atoms with E-state index in [1.165, 1.54) is 23.7 Å². The number of hydrogen-bond acceptors (Lipinski definition) is 7. The quantitative estimate of drug-likeness (QED) is 0.855. The van der Waals surface area contributed by atoms with Crippen molar-refractivity contribution in [3.63, 3.8) is 0 Å². The molecule has 1 N–H and O–H groups in total. The van der Waals surface area contributed by atoms with E-state index in [0.717, 1.165) is 5.69 Å². The second-order valence-electron chi connectivity index (χ2n) is 3.96. The van der Waals surface area contributed by atoms with Crippen molar-refractivity contribution in [3.05, 3.63) is 34.9 Å². The van der Waals surface area contributed by atoms with Crippen molar-refractivity contribution in [2.75, 3.05) is 11.9 Å². The zero-order valence-electron chi connectivity index (χ0n) is 10.9. The number of nitrogens with one attached hydrogen (secondary N) is 1. The Balaban J connectivity index is 1.84. The third kappa shape index (κ3) is 3.82. The van der Waals surface area contributed by atoms with Gasteiger partial charge in [-0.05, 0) is 13.8 Å². The maximum absolute atomic E-state index is 11.6. The van der Waals surface area contributed by atoms with Gasteiger partial charge in [0, 0.05) is 11.6 Å². The lowest BCUT2D eigenvalue weighted by Gasteiger charge is -2.04. The number of amides is 1. The number of carbonyl (C=O) groups is 2. The molecule has 0 radical (unpaired) electrons. The van der Waals surface area contributed by atoms with E-state index >= 15 is 0 Å². The average Bonchev–Trinajstić information content (AvgIpc) is 2.82. The first kappa shape index (κ1) is 14.1. The molecule has 8 heteroatoms. The van der Waals surface area contributed by atoms with Gasteiger partial charge >= 0.3 is 5.97 Å².